The topological polar surface area (TPSA) is 72.6 Å². The van der Waals surface area contributed by atoms with Crippen molar-refractivity contribution < 1.29 is 18.7 Å². The molecule has 2 saturated heterocycles. The average molecular weight is 396 g/mol. The molecule has 0 unspecified atom stereocenters. The van der Waals surface area contributed by atoms with E-state index in [2.05, 4.69) is 4.98 Å². The van der Waals surface area contributed by atoms with Crippen molar-refractivity contribution in [1.29, 1.82) is 0 Å². The highest BCUT2D eigenvalue weighted by atomic mass is 16.5. The lowest BCUT2D eigenvalue weighted by Crippen LogP contribution is -2.47. The molecule has 0 saturated carbocycles. The third-order valence-electron chi connectivity index (χ3n) is 6.36. The van der Waals surface area contributed by atoms with Gasteiger partial charge in [0.25, 0.3) is 5.91 Å². The van der Waals surface area contributed by atoms with E-state index in [1.165, 1.54) is 0 Å². The van der Waals surface area contributed by atoms with Gasteiger partial charge in [-0.15, -0.1) is 0 Å². The fourth-order valence-corrected chi connectivity index (χ4v) is 5.13. The van der Waals surface area contributed by atoms with Gasteiger partial charge in [0.15, 0.2) is 5.89 Å². The first-order valence-corrected chi connectivity index (χ1v) is 10.5. The number of aryl methyl sites for hydroxylation is 2. The zero-order valence-electron chi connectivity index (χ0n) is 17.3. The van der Waals surface area contributed by atoms with Crippen LogP contribution in [0.3, 0.4) is 0 Å². The maximum atomic E-state index is 13.4. The summed E-state index contributed by atoms with van der Waals surface area (Å²) in [6, 6.07) is 9.84. The highest BCUT2D eigenvalue weighted by molar-refractivity contribution is 5.94. The van der Waals surface area contributed by atoms with Crippen LogP contribution < -0.4 is 0 Å². The molecule has 2 fully saturated rings. The Hall–Kier alpha value is -2.63. The van der Waals surface area contributed by atoms with Crippen molar-refractivity contribution in [3.05, 3.63) is 53.2 Å². The Kier molecular flexibility index (Phi) is 5.19. The van der Waals surface area contributed by atoms with Crippen LogP contribution in [0.5, 0.6) is 0 Å². The Balaban J connectivity index is 1.69. The summed E-state index contributed by atoms with van der Waals surface area (Å²) in [7, 11) is 0. The van der Waals surface area contributed by atoms with Gasteiger partial charge in [-0.2, -0.15) is 0 Å². The monoisotopic (exact) mass is 396 g/mol. The zero-order valence-corrected chi connectivity index (χ0v) is 17.3. The predicted molar refractivity (Wildman–Crippen MR) is 107 cm³/mol. The van der Waals surface area contributed by atoms with Crippen LogP contribution >= 0.6 is 0 Å². The van der Waals surface area contributed by atoms with Crippen LogP contribution in [0.4, 0.5) is 0 Å². The van der Waals surface area contributed by atoms with Crippen molar-refractivity contribution in [2.45, 2.75) is 65.0 Å². The van der Waals surface area contributed by atoms with Crippen LogP contribution in [0.25, 0.3) is 0 Å². The van der Waals surface area contributed by atoms with Gasteiger partial charge in [0.05, 0.1) is 17.7 Å². The van der Waals surface area contributed by atoms with E-state index in [0.717, 1.165) is 18.4 Å². The van der Waals surface area contributed by atoms with Crippen LogP contribution in [-0.4, -0.2) is 40.5 Å². The van der Waals surface area contributed by atoms with Gasteiger partial charge in [0.2, 0.25) is 5.76 Å². The number of carbonyl (C=O) groups is 2. The van der Waals surface area contributed by atoms with Crippen molar-refractivity contribution in [3.8, 4) is 0 Å². The number of benzene rings is 1. The third-order valence-corrected chi connectivity index (χ3v) is 6.36. The van der Waals surface area contributed by atoms with Crippen molar-refractivity contribution in [1.82, 2.24) is 9.88 Å². The normalized spacial score (nSPS) is 25.4. The van der Waals surface area contributed by atoms with Gasteiger partial charge in [-0.3, -0.25) is 9.59 Å². The van der Waals surface area contributed by atoms with E-state index in [0.29, 0.717) is 43.2 Å². The Labute approximate surface area is 171 Å². The van der Waals surface area contributed by atoms with Gasteiger partial charge in [-0.25, -0.2) is 4.98 Å². The SMILES string of the molecule is CCOC(=O)[C@@]1(Cc2ccccc2)C[C@H]2CC[C@@H]1N2C(=O)c1oc(CC)nc1C. The maximum Gasteiger partial charge on any atom is 0.314 e. The quantitative estimate of drug-likeness (QED) is 0.696. The minimum atomic E-state index is -0.711. The van der Waals surface area contributed by atoms with E-state index in [1.54, 1.807) is 6.92 Å². The van der Waals surface area contributed by atoms with E-state index < -0.39 is 5.41 Å². The predicted octanol–water partition coefficient (Wildman–Crippen LogP) is 3.71. The number of ether oxygens (including phenoxy) is 1. The molecule has 0 spiro atoms. The molecule has 4 rings (SSSR count). The molecule has 2 bridgehead atoms. The van der Waals surface area contributed by atoms with Crippen LogP contribution in [0, 0.1) is 12.3 Å². The van der Waals surface area contributed by atoms with Crippen molar-refractivity contribution >= 4 is 11.9 Å². The molecule has 154 valence electrons. The molecule has 1 aromatic heterocycles. The molecule has 2 aromatic rings. The Morgan fingerprint density at radius 1 is 1.24 bits per heavy atom. The van der Waals surface area contributed by atoms with Crippen LogP contribution in [0.1, 0.15) is 60.8 Å². The van der Waals surface area contributed by atoms with Crippen LogP contribution in [0.2, 0.25) is 0 Å². The van der Waals surface area contributed by atoms with E-state index in [4.69, 9.17) is 9.15 Å². The smallest absolute Gasteiger partial charge is 0.314 e. The second-order valence-corrected chi connectivity index (χ2v) is 8.08. The van der Waals surface area contributed by atoms with E-state index in [1.807, 2.05) is 49.1 Å². The summed E-state index contributed by atoms with van der Waals surface area (Å²) >= 11 is 0. The van der Waals surface area contributed by atoms with Crippen molar-refractivity contribution in [2.24, 2.45) is 5.41 Å². The number of amides is 1. The number of aromatic nitrogens is 1. The fourth-order valence-electron chi connectivity index (χ4n) is 5.13. The number of fused-ring (bicyclic) bond motifs is 2. The molecule has 3 heterocycles. The van der Waals surface area contributed by atoms with Gasteiger partial charge in [-0.1, -0.05) is 37.3 Å². The second kappa shape index (κ2) is 7.65. The summed E-state index contributed by atoms with van der Waals surface area (Å²) < 4.78 is 11.3. The van der Waals surface area contributed by atoms with E-state index >= 15 is 0 Å². The first-order chi connectivity index (χ1) is 14.0. The summed E-state index contributed by atoms with van der Waals surface area (Å²) in [5.41, 5.74) is 0.991. The van der Waals surface area contributed by atoms with Gasteiger partial charge in [0.1, 0.15) is 0 Å². The molecule has 1 amide bonds. The van der Waals surface area contributed by atoms with Crippen molar-refractivity contribution in [2.75, 3.05) is 6.61 Å². The molecule has 0 aliphatic carbocycles. The average Bonchev–Trinajstić information content (AvgIpc) is 3.40. The molecule has 2 aliphatic rings. The molecule has 0 radical (unpaired) electrons. The maximum absolute atomic E-state index is 13.4. The first kappa shape index (κ1) is 19.7. The molecule has 6 nitrogen and oxygen atoms in total. The van der Waals surface area contributed by atoms with Crippen LogP contribution in [-0.2, 0) is 22.4 Å². The molecule has 1 aromatic carbocycles. The summed E-state index contributed by atoms with van der Waals surface area (Å²) in [6.45, 7) is 5.91. The number of rotatable bonds is 6. The van der Waals surface area contributed by atoms with Gasteiger partial charge < -0.3 is 14.1 Å². The summed E-state index contributed by atoms with van der Waals surface area (Å²) in [5.74, 6) is 0.523. The zero-order chi connectivity index (χ0) is 20.6. The molecule has 2 aliphatic heterocycles. The van der Waals surface area contributed by atoms with Crippen molar-refractivity contribution in [3.63, 3.8) is 0 Å². The third kappa shape index (κ3) is 3.24. The number of esters is 1. The second-order valence-electron chi connectivity index (χ2n) is 8.08. The summed E-state index contributed by atoms with van der Waals surface area (Å²) in [5, 5.41) is 0. The molecule has 6 heteroatoms. The lowest BCUT2D eigenvalue weighted by Gasteiger charge is -2.35. The Bertz CT molecular complexity index is 907. The number of carbonyl (C=O) groups excluding carboxylic acids is 2. The largest absolute Gasteiger partial charge is 0.465 e. The van der Waals surface area contributed by atoms with E-state index in [-0.39, 0.29) is 24.0 Å². The van der Waals surface area contributed by atoms with E-state index in [9.17, 15) is 9.59 Å². The fraction of sp³-hybridized carbons (Fsp3) is 0.522. The summed E-state index contributed by atoms with van der Waals surface area (Å²) in [6.07, 6.45) is 3.55. The Morgan fingerprint density at radius 3 is 2.66 bits per heavy atom. The number of hydrogen-bond acceptors (Lipinski definition) is 5. The summed E-state index contributed by atoms with van der Waals surface area (Å²) in [4.78, 5) is 32.8. The molecule has 29 heavy (non-hydrogen) atoms. The minimum absolute atomic E-state index is 0.0233. The molecular formula is C23H28N2O4. The lowest BCUT2D eigenvalue weighted by atomic mass is 9.70. The minimum Gasteiger partial charge on any atom is -0.465 e. The van der Waals surface area contributed by atoms with Gasteiger partial charge in [-0.05, 0) is 45.1 Å². The number of oxazole rings is 1. The highest BCUT2D eigenvalue weighted by Crippen LogP contribution is 2.52. The molecular weight excluding hydrogens is 368 g/mol. The molecule has 3 atom stereocenters. The molecule has 0 N–H and O–H groups in total. The standard InChI is InChI=1S/C23H28N2O4/c1-4-19-24-15(3)20(29-19)21(26)25-17-11-12-18(25)23(14-17,22(27)28-5-2)13-16-9-7-6-8-10-16/h6-10,17-18H,4-5,11-14H2,1-3H3/t17-,18+,23+/m1/s1. The first-order valence-electron chi connectivity index (χ1n) is 10.5. The highest BCUT2D eigenvalue weighted by Gasteiger charge is 2.62. The number of hydrogen-bond donors (Lipinski definition) is 0. The van der Waals surface area contributed by atoms with Crippen LogP contribution in [0.15, 0.2) is 34.7 Å². The van der Waals surface area contributed by atoms with Gasteiger partial charge >= 0.3 is 5.97 Å². The lowest BCUT2D eigenvalue weighted by molar-refractivity contribution is -0.157. The number of nitrogens with zero attached hydrogens (tertiary/aromatic N) is 2. The Morgan fingerprint density at radius 2 is 2.00 bits per heavy atom. The van der Waals surface area contributed by atoms with Gasteiger partial charge in [0, 0.05) is 18.5 Å².